The normalized spacial score (nSPS) is 25.7. The van der Waals surface area contributed by atoms with Crippen LogP contribution in [0.5, 0.6) is 0 Å². The number of amides is 1. The van der Waals surface area contributed by atoms with Gasteiger partial charge >= 0.3 is 0 Å². The fourth-order valence-electron chi connectivity index (χ4n) is 3.64. The molecule has 1 saturated heterocycles. The number of hydrogen-bond acceptors (Lipinski definition) is 4. The highest BCUT2D eigenvalue weighted by molar-refractivity contribution is 7.07. The Morgan fingerprint density at radius 2 is 2.23 bits per heavy atom. The van der Waals surface area contributed by atoms with Crippen LogP contribution in [0.3, 0.4) is 0 Å². The number of carbonyl (C=O) groups excluding carboxylic acids is 1. The molecule has 1 aromatic heterocycles. The van der Waals surface area contributed by atoms with E-state index in [0.29, 0.717) is 11.5 Å². The van der Waals surface area contributed by atoms with E-state index in [1.54, 1.807) is 11.3 Å². The molecule has 0 aromatic carbocycles. The molecule has 1 saturated carbocycles. The van der Waals surface area contributed by atoms with E-state index >= 15 is 0 Å². The average Bonchev–Trinajstić information content (AvgIpc) is 2.96. The Balaban J connectivity index is 1.76. The highest BCUT2D eigenvalue weighted by Gasteiger charge is 2.58. The third-order valence-electron chi connectivity index (χ3n) is 5.52. The Labute approximate surface area is 137 Å². The Morgan fingerprint density at radius 3 is 2.82 bits per heavy atom. The third-order valence-corrected chi connectivity index (χ3v) is 6.25. The van der Waals surface area contributed by atoms with Gasteiger partial charge in [-0.25, -0.2) is 0 Å². The van der Waals surface area contributed by atoms with Gasteiger partial charge in [-0.05, 0) is 67.1 Å². The van der Waals surface area contributed by atoms with E-state index in [0.717, 1.165) is 26.1 Å². The van der Waals surface area contributed by atoms with Crippen molar-refractivity contribution in [2.24, 2.45) is 17.1 Å². The molecule has 0 radical (unpaired) electrons. The van der Waals surface area contributed by atoms with Gasteiger partial charge in [-0.2, -0.15) is 11.3 Å². The van der Waals surface area contributed by atoms with E-state index in [1.165, 1.54) is 18.4 Å². The number of carbonyl (C=O) groups is 1. The van der Waals surface area contributed by atoms with E-state index in [-0.39, 0.29) is 17.9 Å². The van der Waals surface area contributed by atoms with Gasteiger partial charge in [0.1, 0.15) is 0 Å². The molecule has 3 atom stereocenters. The van der Waals surface area contributed by atoms with Crippen molar-refractivity contribution in [2.75, 3.05) is 13.1 Å². The molecule has 122 valence electrons. The van der Waals surface area contributed by atoms with E-state index in [1.807, 2.05) is 13.8 Å². The van der Waals surface area contributed by atoms with Crippen molar-refractivity contribution in [3.8, 4) is 0 Å². The molecule has 3 N–H and O–H groups in total. The molecule has 2 fully saturated rings. The standard InChI is InChI=1S/C17H27N3OS/c1-12(13(2)18)16(21)20(10-14-3-8-22-11-14)15-9-17(15)4-6-19-7-5-17/h3,8,11-13,15,19H,4-7,9-10,18H2,1-2H3. The van der Waals surface area contributed by atoms with Crippen molar-refractivity contribution >= 4 is 17.2 Å². The zero-order valence-electron chi connectivity index (χ0n) is 13.5. The van der Waals surface area contributed by atoms with Gasteiger partial charge in [0.25, 0.3) is 0 Å². The summed E-state index contributed by atoms with van der Waals surface area (Å²) in [6, 6.07) is 2.43. The van der Waals surface area contributed by atoms with Crippen LogP contribution >= 0.6 is 11.3 Å². The molecular formula is C17H27N3OS. The van der Waals surface area contributed by atoms with Crippen LogP contribution in [0, 0.1) is 11.3 Å². The summed E-state index contributed by atoms with van der Waals surface area (Å²) >= 11 is 1.69. The van der Waals surface area contributed by atoms with Gasteiger partial charge in [0.15, 0.2) is 0 Å². The molecule has 3 unspecified atom stereocenters. The summed E-state index contributed by atoms with van der Waals surface area (Å²) in [5.74, 6) is 0.111. The number of rotatable bonds is 5. The van der Waals surface area contributed by atoms with Gasteiger partial charge in [0.2, 0.25) is 5.91 Å². The number of nitrogens with two attached hydrogens (primary N) is 1. The first-order chi connectivity index (χ1) is 10.5. The van der Waals surface area contributed by atoms with E-state index in [4.69, 9.17) is 5.73 Å². The summed E-state index contributed by atoms with van der Waals surface area (Å²) in [6.45, 7) is 6.79. The number of thiophene rings is 1. The molecule has 1 spiro atoms. The minimum atomic E-state index is -0.113. The highest BCUT2D eigenvalue weighted by Crippen LogP contribution is 2.56. The molecule has 1 amide bonds. The minimum absolute atomic E-state index is 0.0970. The van der Waals surface area contributed by atoms with E-state index in [9.17, 15) is 4.79 Å². The molecule has 5 heteroatoms. The van der Waals surface area contributed by atoms with Gasteiger partial charge in [-0.3, -0.25) is 4.79 Å². The number of piperidine rings is 1. The van der Waals surface area contributed by atoms with E-state index < -0.39 is 0 Å². The number of hydrogen-bond donors (Lipinski definition) is 2. The van der Waals surface area contributed by atoms with Crippen molar-refractivity contribution in [3.63, 3.8) is 0 Å². The lowest BCUT2D eigenvalue weighted by Gasteiger charge is -2.32. The number of nitrogens with one attached hydrogen (secondary N) is 1. The Hall–Kier alpha value is -0.910. The summed E-state index contributed by atoms with van der Waals surface area (Å²) in [7, 11) is 0. The van der Waals surface area contributed by atoms with Gasteiger partial charge in [0, 0.05) is 18.6 Å². The van der Waals surface area contributed by atoms with Crippen LogP contribution in [-0.2, 0) is 11.3 Å². The smallest absolute Gasteiger partial charge is 0.227 e. The molecular weight excluding hydrogens is 294 g/mol. The molecule has 1 aromatic rings. The van der Waals surface area contributed by atoms with Crippen molar-refractivity contribution < 1.29 is 4.79 Å². The highest BCUT2D eigenvalue weighted by atomic mass is 32.1. The van der Waals surface area contributed by atoms with Gasteiger partial charge < -0.3 is 16.0 Å². The molecule has 2 heterocycles. The quantitative estimate of drug-likeness (QED) is 0.874. The van der Waals surface area contributed by atoms with Crippen LogP contribution in [0.1, 0.15) is 38.7 Å². The average molecular weight is 321 g/mol. The van der Waals surface area contributed by atoms with Crippen LogP contribution in [0.15, 0.2) is 16.8 Å². The number of nitrogens with zero attached hydrogens (tertiary/aromatic N) is 1. The maximum absolute atomic E-state index is 13.0. The maximum Gasteiger partial charge on any atom is 0.227 e. The summed E-state index contributed by atoms with van der Waals surface area (Å²) < 4.78 is 0. The topological polar surface area (TPSA) is 58.4 Å². The SMILES string of the molecule is CC(N)C(C)C(=O)N(Cc1ccsc1)C1CC12CCNCC2. The van der Waals surface area contributed by atoms with Crippen LogP contribution in [-0.4, -0.2) is 36.0 Å². The van der Waals surface area contributed by atoms with Crippen LogP contribution < -0.4 is 11.1 Å². The molecule has 1 aliphatic heterocycles. The monoisotopic (exact) mass is 321 g/mol. The minimum Gasteiger partial charge on any atom is -0.334 e. The van der Waals surface area contributed by atoms with Crippen molar-refractivity contribution in [2.45, 2.75) is 51.7 Å². The van der Waals surface area contributed by atoms with Crippen LogP contribution in [0.25, 0.3) is 0 Å². The van der Waals surface area contributed by atoms with Gasteiger partial charge in [-0.15, -0.1) is 0 Å². The zero-order valence-corrected chi connectivity index (χ0v) is 14.4. The van der Waals surface area contributed by atoms with Crippen LogP contribution in [0.2, 0.25) is 0 Å². The first kappa shape index (κ1) is 16.0. The molecule has 3 rings (SSSR count). The predicted molar refractivity (Wildman–Crippen MR) is 90.6 cm³/mol. The predicted octanol–water partition coefficient (Wildman–Crippen LogP) is 2.20. The van der Waals surface area contributed by atoms with Crippen LogP contribution in [0.4, 0.5) is 0 Å². The second kappa shape index (κ2) is 6.30. The van der Waals surface area contributed by atoms with Gasteiger partial charge in [-0.1, -0.05) is 6.92 Å². The second-order valence-electron chi connectivity index (χ2n) is 7.08. The Morgan fingerprint density at radius 1 is 1.50 bits per heavy atom. The zero-order chi connectivity index (χ0) is 15.7. The maximum atomic E-state index is 13.0. The summed E-state index contributed by atoms with van der Waals surface area (Å²) in [4.78, 5) is 15.1. The third kappa shape index (κ3) is 3.07. The fraction of sp³-hybridized carbons (Fsp3) is 0.706. The Bertz CT molecular complexity index is 508. The first-order valence-corrected chi connectivity index (χ1v) is 9.26. The second-order valence-corrected chi connectivity index (χ2v) is 7.86. The van der Waals surface area contributed by atoms with E-state index in [2.05, 4.69) is 27.0 Å². The van der Waals surface area contributed by atoms with Gasteiger partial charge in [0.05, 0.1) is 5.92 Å². The summed E-state index contributed by atoms with van der Waals surface area (Å²) in [5, 5.41) is 7.66. The summed E-state index contributed by atoms with van der Waals surface area (Å²) in [6.07, 6.45) is 3.55. The van der Waals surface area contributed by atoms with Crippen molar-refractivity contribution in [3.05, 3.63) is 22.4 Å². The van der Waals surface area contributed by atoms with Crippen molar-refractivity contribution in [1.82, 2.24) is 10.2 Å². The molecule has 4 nitrogen and oxygen atoms in total. The molecule has 1 aliphatic carbocycles. The van der Waals surface area contributed by atoms with Crippen molar-refractivity contribution in [1.29, 1.82) is 0 Å². The Kier molecular flexibility index (Phi) is 4.57. The largest absolute Gasteiger partial charge is 0.334 e. The molecule has 0 bridgehead atoms. The fourth-order valence-corrected chi connectivity index (χ4v) is 4.30. The molecule has 22 heavy (non-hydrogen) atoms. The lowest BCUT2D eigenvalue weighted by molar-refractivity contribution is -0.137. The molecule has 2 aliphatic rings. The lowest BCUT2D eigenvalue weighted by Crippen LogP contribution is -2.45. The first-order valence-electron chi connectivity index (χ1n) is 8.31. The lowest BCUT2D eigenvalue weighted by atomic mass is 9.93. The summed E-state index contributed by atoms with van der Waals surface area (Å²) in [5.41, 5.74) is 7.59.